The summed E-state index contributed by atoms with van der Waals surface area (Å²) >= 11 is 0. The zero-order valence-electron chi connectivity index (χ0n) is 21.5. The summed E-state index contributed by atoms with van der Waals surface area (Å²) in [5.74, 6) is -2.10. The summed E-state index contributed by atoms with van der Waals surface area (Å²) in [6.45, 7) is 2.18. The molecule has 1 saturated heterocycles. The summed E-state index contributed by atoms with van der Waals surface area (Å²) in [5, 5.41) is 5.31. The molecule has 206 valence electrons. The van der Waals surface area contributed by atoms with E-state index in [4.69, 9.17) is 14.2 Å². The van der Waals surface area contributed by atoms with Crippen molar-refractivity contribution in [1.29, 1.82) is 0 Å². The number of hydrogen-bond acceptors (Lipinski definition) is 9. The minimum atomic E-state index is -0.947. The van der Waals surface area contributed by atoms with E-state index in [0.717, 1.165) is 18.2 Å². The van der Waals surface area contributed by atoms with Crippen LogP contribution in [-0.4, -0.2) is 65.7 Å². The first kappa shape index (κ1) is 26.7. The van der Waals surface area contributed by atoms with E-state index in [2.05, 4.69) is 25.6 Å². The second kappa shape index (κ2) is 11.5. The summed E-state index contributed by atoms with van der Waals surface area (Å²) in [4.78, 5) is 38.9. The lowest BCUT2D eigenvalue weighted by atomic mass is 10.0. The number of amides is 2. The van der Waals surface area contributed by atoms with Gasteiger partial charge in [0.2, 0.25) is 5.91 Å². The Morgan fingerprint density at radius 3 is 2.38 bits per heavy atom. The first-order valence-corrected chi connectivity index (χ1v) is 12.1. The van der Waals surface area contributed by atoms with E-state index in [1.165, 1.54) is 38.7 Å². The number of halogens is 2. The highest BCUT2D eigenvalue weighted by Crippen LogP contribution is 2.41. The monoisotopic (exact) mass is 550 g/mol. The number of anilines is 1. The van der Waals surface area contributed by atoms with Crippen molar-refractivity contribution in [2.24, 2.45) is 0 Å². The van der Waals surface area contributed by atoms with Crippen molar-refractivity contribution < 1.29 is 32.6 Å². The van der Waals surface area contributed by atoms with Crippen LogP contribution < -0.4 is 24.8 Å². The zero-order chi connectivity index (χ0) is 28.2. The average molecular weight is 551 g/mol. The van der Waals surface area contributed by atoms with Gasteiger partial charge in [-0.05, 0) is 23.8 Å². The van der Waals surface area contributed by atoms with Gasteiger partial charge in [-0.25, -0.2) is 23.5 Å². The second-order valence-electron chi connectivity index (χ2n) is 8.78. The van der Waals surface area contributed by atoms with Crippen LogP contribution in [0.4, 0.5) is 19.4 Å². The lowest BCUT2D eigenvalue weighted by molar-refractivity contribution is -0.124. The molecular weight excluding hydrogens is 526 g/mol. The average Bonchev–Trinajstić information content (AvgIpc) is 2.95. The third-order valence-electron chi connectivity index (χ3n) is 6.21. The normalized spacial score (nSPS) is 13.6. The quantitative estimate of drug-likeness (QED) is 0.355. The van der Waals surface area contributed by atoms with E-state index in [0.29, 0.717) is 19.6 Å². The van der Waals surface area contributed by atoms with Gasteiger partial charge in [0.25, 0.3) is 0 Å². The van der Waals surface area contributed by atoms with Crippen LogP contribution in [0, 0.1) is 11.6 Å². The van der Waals surface area contributed by atoms with Crippen LogP contribution in [0.2, 0.25) is 0 Å². The molecule has 2 aromatic carbocycles. The molecule has 4 aromatic rings. The third kappa shape index (κ3) is 5.45. The molecule has 13 heteroatoms. The zero-order valence-corrected chi connectivity index (χ0v) is 21.5. The highest BCUT2D eigenvalue weighted by molar-refractivity contribution is 5.97. The fourth-order valence-corrected chi connectivity index (χ4v) is 4.35. The molecule has 3 heterocycles. The molecule has 1 aliphatic rings. The number of piperazine rings is 1. The number of rotatable bonds is 7. The van der Waals surface area contributed by atoms with Crippen LogP contribution >= 0.6 is 0 Å². The van der Waals surface area contributed by atoms with Crippen LogP contribution in [0.15, 0.2) is 48.9 Å². The molecule has 11 nitrogen and oxygen atoms in total. The van der Waals surface area contributed by atoms with Crippen LogP contribution in [0.25, 0.3) is 22.2 Å². The van der Waals surface area contributed by atoms with E-state index in [1.807, 2.05) is 4.90 Å². The van der Waals surface area contributed by atoms with Gasteiger partial charge < -0.3 is 19.5 Å². The predicted molar refractivity (Wildman–Crippen MR) is 140 cm³/mol. The second-order valence-corrected chi connectivity index (χ2v) is 8.78. The number of pyridine rings is 1. The number of methoxy groups -OCH3 is 2. The molecule has 40 heavy (non-hydrogen) atoms. The minimum absolute atomic E-state index is 0.0139. The Morgan fingerprint density at radius 2 is 1.73 bits per heavy atom. The van der Waals surface area contributed by atoms with Crippen LogP contribution in [0.5, 0.6) is 17.2 Å². The largest absolute Gasteiger partial charge is 0.494 e. The maximum absolute atomic E-state index is 15.2. The molecule has 0 atom stereocenters. The number of carbonyl (C=O) groups is 2. The van der Waals surface area contributed by atoms with Crippen molar-refractivity contribution in [1.82, 2.24) is 25.2 Å². The van der Waals surface area contributed by atoms with E-state index >= 15 is 8.78 Å². The van der Waals surface area contributed by atoms with Crippen molar-refractivity contribution in [2.75, 3.05) is 39.2 Å². The van der Waals surface area contributed by atoms with Gasteiger partial charge in [-0.1, -0.05) is 6.07 Å². The molecule has 0 saturated carbocycles. The standard InChI is InChI=1S/C27H24F2N6O5/c1-38-18-11-19(39-2)24(29)22(23(18)28)16-4-5-17(26-25(16)31-7-8-32-26)40-27(37)34-20-6-3-15(12-33-20)13-35-10-9-30-21(36)14-35/h3-8,11-12H,9-10,13-14H2,1-2H3,(H,30,36)(H,33,34,37). The lowest BCUT2D eigenvalue weighted by Crippen LogP contribution is -2.47. The first-order valence-electron chi connectivity index (χ1n) is 12.1. The number of hydrogen-bond donors (Lipinski definition) is 2. The summed E-state index contributed by atoms with van der Waals surface area (Å²) in [6.07, 6.45) is 3.46. The number of carbonyl (C=O) groups excluding carboxylic acids is 2. The number of aromatic nitrogens is 3. The molecule has 0 spiro atoms. The third-order valence-corrected chi connectivity index (χ3v) is 6.21. The minimum Gasteiger partial charge on any atom is -0.494 e. The van der Waals surface area contributed by atoms with Gasteiger partial charge >= 0.3 is 6.09 Å². The highest BCUT2D eigenvalue weighted by Gasteiger charge is 2.25. The summed E-state index contributed by atoms with van der Waals surface area (Å²) < 4.78 is 45.9. The molecular formula is C27H24F2N6O5. The van der Waals surface area contributed by atoms with Gasteiger partial charge in [0.1, 0.15) is 16.9 Å². The van der Waals surface area contributed by atoms with Gasteiger partial charge in [-0.2, -0.15) is 0 Å². The van der Waals surface area contributed by atoms with Crippen LogP contribution in [-0.2, 0) is 11.3 Å². The van der Waals surface area contributed by atoms with Crippen molar-refractivity contribution in [2.45, 2.75) is 6.54 Å². The highest BCUT2D eigenvalue weighted by atomic mass is 19.1. The topological polar surface area (TPSA) is 128 Å². The smallest absolute Gasteiger partial charge is 0.418 e. The van der Waals surface area contributed by atoms with Crippen molar-refractivity contribution in [3.8, 4) is 28.4 Å². The Labute approximate surface area is 227 Å². The molecule has 0 unspecified atom stereocenters. The molecule has 1 fully saturated rings. The van der Waals surface area contributed by atoms with Gasteiger partial charge in [-0.3, -0.25) is 20.0 Å². The number of nitrogens with zero attached hydrogens (tertiary/aromatic N) is 4. The SMILES string of the molecule is COc1cc(OC)c(F)c(-c2ccc(OC(=O)Nc3ccc(CN4CCNC(=O)C4)cn3)c3nccnc23)c1F. The summed E-state index contributed by atoms with van der Waals surface area (Å²) in [5.41, 5.74) is 0.706. The van der Waals surface area contributed by atoms with Crippen molar-refractivity contribution in [3.05, 3.63) is 66.1 Å². The van der Waals surface area contributed by atoms with Gasteiger partial charge in [-0.15, -0.1) is 0 Å². The molecule has 2 N–H and O–H groups in total. The first-order chi connectivity index (χ1) is 19.4. The lowest BCUT2D eigenvalue weighted by Gasteiger charge is -2.26. The molecule has 0 radical (unpaired) electrons. The van der Waals surface area contributed by atoms with E-state index in [9.17, 15) is 9.59 Å². The maximum atomic E-state index is 15.2. The molecule has 2 amide bonds. The Bertz CT molecular complexity index is 1560. The molecule has 5 rings (SSSR count). The number of ether oxygens (including phenoxy) is 3. The van der Waals surface area contributed by atoms with E-state index < -0.39 is 23.3 Å². The fourth-order valence-electron chi connectivity index (χ4n) is 4.35. The van der Waals surface area contributed by atoms with Crippen LogP contribution in [0.3, 0.4) is 0 Å². The van der Waals surface area contributed by atoms with Crippen molar-refractivity contribution in [3.63, 3.8) is 0 Å². The Morgan fingerprint density at radius 1 is 1.00 bits per heavy atom. The molecule has 1 aliphatic heterocycles. The molecule has 2 aromatic heterocycles. The number of nitrogens with one attached hydrogen (secondary N) is 2. The molecule has 0 bridgehead atoms. The summed E-state index contributed by atoms with van der Waals surface area (Å²) in [6, 6.07) is 7.24. The molecule has 0 aliphatic carbocycles. The van der Waals surface area contributed by atoms with Gasteiger partial charge in [0.15, 0.2) is 28.9 Å². The summed E-state index contributed by atoms with van der Waals surface area (Å²) in [7, 11) is 2.51. The van der Waals surface area contributed by atoms with Gasteiger partial charge in [0, 0.05) is 49.9 Å². The Hall–Kier alpha value is -4.91. The number of fused-ring (bicyclic) bond motifs is 1. The Kier molecular flexibility index (Phi) is 7.64. The number of benzene rings is 2. The van der Waals surface area contributed by atoms with E-state index in [-0.39, 0.29) is 45.6 Å². The fraction of sp³-hybridized carbons (Fsp3) is 0.222. The predicted octanol–water partition coefficient (Wildman–Crippen LogP) is 3.53. The van der Waals surface area contributed by atoms with Crippen LogP contribution in [0.1, 0.15) is 5.56 Å². The van der Waals surface area contributed by atoms with E-state index in [1.54, 1.807) is 18.3 Å². The maximum Gasteiger partial charge on any atom is 0.418 e. The van der Waals surface area contributed by atoms with Crippen molar-refractivity contribution >= 4 is 28.9 Å². The Balaban J connectivity index is 1.36. The van der Waals surface area contributed by atoms with Gasteiger partial charge in [0.05, 0.1) is 26.3 Å².